The van der Waals surface area contributed by atoms with Gasteiger partial charge in [0.25, 0.3) is 0 Å². The van der Waals surface area contributed by atoms with Gasteiger partial charge in [0.05, 0.1) is 11.9 Å². The second-order valence-corrected chi connectivity index (χ2v) is 10.1. The van der Waals surface area contributed by atoms with Gasteiger partial charge in [-0.3, -0.25) is 9.59 Å². The molecule has 1 saturated heterocycles. The number of carbonyl (C=O) groups is 2. The Kier molecular flexibility index (Phi) is 8.41. The Morgan fingerprint density at radius 3 is 2.47 bits per heavy atom. The van der Waals surface area contributed by atoms with Crippen LogP contribution in [0.1, 0.15) is 83.5 Å². The van der Waals surface area contributed by atoms with Crippen LogP contribution in [0.2, 0.25) is 0 Å². The zero-order valence-electron chi connectivity index (χ0n) is 19.5. The predicted octanol–water partition coefficient (Wildman–Crippen LogP) is 5.00. The van der Waals surface area contributed by atoms with E-state index in [0.717, 1.165) is 76.1 Å². The third kappa shape index (κ3) is 6.23. The fourth-order valence-electron chi connectivity index (χ4n) is 5.83. The molecule has 3 aliphatic rings. The lowest BCUT2D eigenvalue weighted by atomic mass is 9.88. The van der Waals surface area contributed by atoms with E-state index in [1.165, 1.54) is 44.9 Å². The van der Waals surface area contributed by atoms with Crippen molar-refractivity contribution >= 4 is 23.8 Å². The first kappa shape index (κ1) is 23.1. The van der Waals surface area contributed by atoms with E-state index in [2.05, 4.69) is 20.1 Å². The third-order valence-electron chi connectivity index (χ3n) is 7.81. The van der Waals surface area contributed by atoms with Crippen LogP contribution in [-0.2, 0) is 9.59 Å². The lowest BCUT2D eigenvalue weighted by Crippen LogP contribution is -2.40. The summed E-state index contributed by atoms with van der Waals surface area (Å²) in [5, 5.41) is 3.06. The van der Waals surface area contributed by atoms with E-state index in [4.69, 9.17) is 0 Å². The van der Waals surface area contributed by atoms with Crippen molar-refractivity contribution in [3.63, 3.8) is 0 Å². The molecule has 32 heavy (non-hydrogen) atoms. The second-order valence-electron chi connectivity index (χ2n) is 10.1. The number of hydrogen-bond acceptors (Lipinski definition) is 4. The molecule has 4 rings (SSSR count). The van der Waals surface area contributed by atoms with Gasteiger partial charge in [-0.15, -0.1) is 0 Å². The summed E-state index contributed by atoms with van der Waals surface area (Å²) in [6.07, 6.45) is 18.1. The highest BCUT2D eigenvalue weighted by molar-refractivity contribution is 5.92. The van der Waals surface area contributed by atoms with Crippen molar-refractivity contribution in [3.05, 3.63) is 18.3 Å². The molecule has 176 valence electrons. The molecule has 1 aromatic rings. The van der Waals surface area contributed by atoms with E-state index in [1.54, 1.807) is 6.20 Å². The zero-order valence-corrected chi connectivity index (χ0v) is 19.5. The molecule has 6 heteroatoms. The van der Waals surface area contributed by atoms with Crippen molar-refractivity contribution in [2.24, 2.45) is 11.8 Å². The standard InChI is InChI=1S/C26H40N4O2/c31-20-30(24-11-5-2-6-12-24)17-15-21-8-7-16-29(19-21)25-14-13-23(18-27-25)28-26(32)22-9-3-1-4-10-22/h13-14,18,20-22,24H,1-12,15-17,19H2,(H,28,32). The molecule has 3 fully saturated rings. The van der Waals surface area contributed by atoms with E-state index < -0.39 is 0 Å². The number of carbonyl (C=O) groups excluding carboxylic acids is 2. The Balaban J connectivity index is 1.26. The van der Waals surface area contributed by atoms with Crippen molar-refractivity contribution < 1.29 is 9.59 Å². The Hall–Kier alpha value is -2.11. The summed E-state index contributed by atoms with van der Waals surface area (Å²) >= 11 is 0. The van der Waals surface area contributed by atoms with Crippen LogP contribution in [0.5, 0.6) is 0 Å². The fourth-order valence-corrected chi connectivity index (χ4v) is 5.83. The average Bonchev–Trinajstić information content (AvgIpc) is 2.86. The van der Waals surface area contributed by atoms with Crippen LogP contribution >= 0.6 is 0 Å². The van der Waals surface area contributed by atoms with Gasteiger partial charge in [-0.1, -0.05) is 38.5 Å². The van der Waals surface area contributed by atoms with E-state index in [9.17, 15) is 9.59 Å². The molecular weight excluding hydrogens is 400 g/mol. The Morgan fingerprint density at radius 2 is 1.78 bits per heavy atom. The van der Waals surface area contributed by atoms with Gasteiger partial charge in [0.2, 0.25) is 12.3 Å². The Morgan fingerprint density at radius 1 is 1.03 bits per heavy atom. The first-order valence-electron chi connectivity index (χ1n) is 13.0. The number of anilines is 2. The number of nitrogens with one attached hydrogen (secondary N) is 1. The minimum absolute atomic E-state index is 0.148. The second kappa shape index (κ2) is 11.7. The van der Waals surface area contributed by atoms with Crippen molar-refractivity contribution in [1.29, 1.82) is 0 Å². The molecular formula is C26H40N4O2. The smallest absolute Gasteiger partial charge is 0.227 e. The summed E-state index contributed by atoms with van der Waals surface area (Å²) in [7, 11) is 0. The maximum absolute atomic E-state index is 12.5. The molecule has 2 heterocycles. The number of amides is 2. The molecule has 1 aliphatic heterocycles. The van der Waals surface area contributed by atoms with Gasteiger partial charge < -0.3 is 15.1 Å². The lowest BCUT2D eigenvalue weighted by molar-refractivity contribution is -0.121. The van der Waals surface area contributed by atoms with Crippen LogP contribution in [0, 0.1) is 11.8 Å². The molecule has 1 aromatic heterocycles. The minimum atomic E-state index is 0.148. The third-order valence-corrected chi connectivity index (χ3v) is 7.81. The Bertz CT molecular complexity index is 726. The largest absolute Gasteiger partial charge is 0.356 e. The van der Waals surface area contributed by atoms with Crippen LogP contribution in [0.25, 0.3) is 0 Å². The molecule has 1 atom stereocenters. The van der Waals surface area contributed by atoms with E-state index in [0.29, 0.717) is 12.0 Å². The van der Waals surface area contributed by atoms with E-state index in [1.807, 2.05) is 12.1 Å². The topological polar surface area (TPSA) is 65.5 Å². The normalized spacial score (nSPS) is 23.0. The molecule has 0 bridgehead atoms. The summed E-state index contributed by atoms with van der Waals surface area (Å²) in [6, 6.07) is 4.49. The summed E-state index contributed by atoms with van der Waals surface area (Å²) < 4.78 is 0. The molecule has 0 aromatic carbocycles. The number of aromatic nitrogens is 1. The molecule has 0 radical (unpaired) electrons. The van der Waals surface area contributed by atoms with Gasteiger partial charge in [-0.25, -0.2) is 4.98 Å². The van der Waals surface area contributed by atoms with Crippen LogP contribution in [0.15, 0.2) is 18.3 Å². The summed E-state index contributed by atoms with van der Waals surface area (Å²) in [5.74, 6) is 1.90. The van der Waals surface area contributed by atoms with Crippen LogP contribution in [-0.4, -0.2) is 47.9 Å². The highest BCUT2D eigenvalue weighted by Crippen LogP contribution is 2.28. The number of hydrogen-bond donors (Lipinski definition) is 1. The molecule has 2 amide bonds. The van der Waals surface area contributed by atoms with Gasteiger partial charge in [-0.05, 0) is 63.0 Å². The average molecular weight is 441 g/mol. The van der Waals surface area contributed by atoms with Gasteiger partial charge >= 0.3 is 0 Å². The van der Waals surface area contributed by atoms with Crippen molar-refractivity contribution in [2.45, 2.75) is 89.5 Å². The lowest BCUT2D eigenvalue weighted by Gasteiger charge is -2.36. The molecule has 2 saturated carbocycles. The van der Waals surface area contributed by atoms with Crippen molar-refractivity contribution in [2.75, 3.05) is 29.9 Å². The van der Waals surface area contributed by atoms with Gasteiger partial charge in [0, 0.05) is 31.6 Å². The molecule has 6 nitrogen and oxygen atoms in total. The monoisotopic (exact) mass is 440 g/mol. The molecule has 1 N–H and O–H groups in total. The van der Waals surface area contributed by atoms with Gasteiger partial charge in [0.15, 0.2) is 0 Å². The van der Waals surface area contributed by atoms with Crippen molar-refractivity contribution in [1.82, 2.24) is 9.88 Å². The predicted molar refractivity (Wildman–Crippen MR) is 129 cm³/mol. The van der Waals surface area contributed by atoms with E-state index in [-0.39, 0.29) is 11.8 Å². The number of nitrogens with zero attached hydrogens (tertiary/aromatic N) is 3. The summed E-state index contributed by atoms with van der Waals surface area (Å²) in [6.45, 7) is 2.90. The number of rotatable bonds is 8. The van der Waals surface area contributed by atoms with Crippen LogP contribution in [0.3, 0.4) is 0 Å². The first-order chi connectivity index (χ1) is 15.7. The highest BCUT2D eigenvalue weighted by atomic mass is 16.2. The van der Waals surface area contributed by atoms with E-state index >= 15 is 0 Å². The molecule has 1 unspecified atom stereocenters. The zero-order chi connectivity index (χ0) is 22.2. The SMILES string of the molecule is O=CN(CCC1CCCN(c2ccc(NC(=O)C3CCCCC3)cn2)C1)C1CCCCC1. The molecule has 0 spiro atoms. The maximum atomic E-state index is 12.5. The summed E-state index contributed by atoms with van der Waals surface area (Å²) in [5.41, 5.74) is 0.798. The highest BCUT2D eigenvalue weighted by Gasteiger charge is 2.25. The number of piperidine rings is 1. The summed E-state index contributed by atoms with van der Waals surface area (Å²) in [4.78, 5) is 33.2. The van der Waals surface area contributed by atoms with Gasteiger partial charge in [0.1, 0.15) is 5.82 Å². The van der Waals surface area contributed by atoms with Gasteiger partial charge in [-0.2, -0.15) is 0 Å². The van der Waals surface area contributed by atoms with Crippen LogP contribution < -0.4 is 10.2 Å². The molecule has 2 aliphatic carbocycles. The quantitative estimate of drug-likeness (QED) is 0.578. The minimum Gasteiger partial charge on any atom is -0.356 e. The first-order valence-corrected chi connectivity index (χ1v) is 13.0. The van der Waals surface area contributed by atoms with Crippen LogP contribution in [0.4, 0.5) is 11.5 Å². The number of pyridine rings is 1. The fraction of sp³-hybridized carbons (Fsp3) is 0.731. The Labute approximate surface area is 193 Å². The van der Waals surface area contributed by atoms with Crippen molar-refractivity contribution in [3.8, 4) is 0 Å². The maximum Gasteiger partial charge on any atom is 0.227 e.